The lowest BCUT2D eigenvalue weighted by Crippen LogP contribution is -2.60. The summed E-state index contributed by atoms with van der Waals surface area (Å²) in [5.41, 5.74) is -0.179. The van der Waals surface area contributed by atoms with Crippen LogP contribution in [-0.4, -0.2) is 39.1 Å². The van der Waals surface area contributed by atoms with Crippen molar-refractivity contribution in [1.29, 1.82) is 0 Å². The lowest BCUT2D eigenvalue weighted by Gasteiger charge is -2.60. The monoisotopic (exact) mass is 451 g/mol. The Morgan fingerprint density at radius 2 is 2.04 bits per heavy atom. The molecule has 0 radical (unpaired) electrons. The first-order valence-electron chi connectivity index (χ1n) is 10.1. The van der Waals surface area contributed by atoms with Gasteiger partial charge in [0, 0.05) is 29.0 Å². The first kappa shape index (κ1) is 18.1. The molecule has 5 fully saturated rings. The topological polar surface area (TPSA) is 62.3 Å². The van der Waals surface area contributed by atoms with Crippen LogP contribution in [0.3, 0.4) is 0 Å². The summed E-state index contributed by atoms with van der Waals surface area (Å²) in [5.74, 6) is 1.60. The predicted molar refractivity (Wildman–Crippen MR) is 109 cm³/mol. The van der Waals surface area contributed by atoms with Crippen LogP contribution >= 0.6 is 27.3 Å². The smallest absolute Gasteiger partial charge is 0.231 e. The Labute approximate surface area is 172 Å². The largest absolute Gasteiger partial charge is 0.341 e. The number of anilines is 1. The maximum absolute atomic E-state index is 13.6. The number of nitrogens with zero attached hydrogens (tertiary/aromatic N) is 2. The van der Waals surface area contributed by atoms with Crippen LogP contribution in [0.5, 0.6) is 0 Å². The molecule has 5 nitrogen and oxygen atoms in total. The number of alkyl halides is 1. The number of rotatable bonds is 3. The van der Waals surface area contributed by atoms with Gasteiger partial charge >= 0.3 is 0 Å². The number of nitrogens with one attached hydrogen (secondary N) is 1. The maximum atomic E-state index is 13.6. The number of likely N-dealkylation sites (tertiary alicyclic amines) is 1. The van der Waals surface area contributed by atoms with E-state index < -0.39 is 0 Å². The Kier molecular flexibility index (Phi) is 4.39. The minimum Gasteiger partial charge on any atom is -0.341 e. The van der Waals surface area contributed by atoms with Crippen molar-refractivity contribution in [1.82, 2.24) is 9.88 Å². The van der Waals surface area contributed by atoms with Gasteiger partial charge in [0.2, 0.25) is 11.8 Å². The van der Waals surface area contributed by atoms with Gasteiger partial charge < -0.3 is 10.2 Å². The molecule has 4 aliphatic carbocycles. The van der Waals surface area contributed by atoms with Crippen LogP contribution in [0.25, 0.3) is 0 Å². The number of carbonyl (C=O) groups excluding carboxylic acids is 2. The molecule has 1 N–H and O–H groups in total. The van der Waals surface area contributed by atoms with Gasteiger partial charge in [-0.1, -0.05) is 15.9 Å². The summed E-state index contributed by atoms with van der Waals surface area (Å²) >= 11 is 5.44. The average Bonchev–Trinajstić information content (AvgIpc) is 3.12. The molecule has 0 aromatic carbocycles. The Bertz CT molecular complexity index is 738. The number of hydrogen-bond acceptors (Lipinski definition) is 4. The third kappa shape index (κ3) is 3.24. The highest BCUT2D eigenvalue weighted by Crippen LogP contribution is 2.64. The molecule has 7 heteroatoms. The summed E-state index contributed by atoms with van der Waals surface area (Å²) in [7, 11) is 0. The van der Waals surface area contributed by atoms with Crippen LogP contribution in [0.1, 0.15) is 51.4 Å². The highest BCUT2D eigenvalue weighted by atomic mass is 79.9. The van der Waals surface area contributed by atoms with Gasteiger partial charge in [-0.3, -0.25) is 9.59 Å². The lowest BCUT2D eigenvalue weighted by molar-refractivity contribution is -0.157. The second kappa shape index (κ2) is 6.55. The molecule has 27 heavy (non-hydrogen) atoms. The second-order valence-electron chi connectivity index (χ2n) is 9.31. The van der Waals surface area contributed by atoms with Gasteiger partial charge in [0.15, 0.2) is 5.13 Å². The van der Waals surface area contributed by atoms with Gasteiger partial charge in [0.1, 0.15) is 0 Å². The van der Waals surface area contributed by atoms with Gasteiger partial charge in [-0.15, -0.1) is 11.3 Å². The number of thiazole rings is 1. The molecule has 5 aliphatic rings. The summed E-state index contributed by atoms with van der Waals surface area (Å²) in [6.45, 7) is 1.36. The van der Waals surface area contributed by atoms with Crippen LogP contribution in [0.2, 0.25) is 0 Å². The molecule has 3 atom stereocenters. The number of amides is 2. The third-order valence-electron chi connectivity index (χ3n) is 7.19. The van der Waals surface area contributed by atoms with Crippen LogP contribution in [0.4, 0.5) is 5.13 Å². The number of aromatic nitrogens is 1. The van der Waals surface area contributed by atoms with Crippen LogP contribution < -0.4 is 5.32 Å². The molecule has 1 aliphatic heterocycles. The quantitative estimate of drug-likeness (QED) is 0.704. The van der Waals surface area contributed by atoms with Crippen LogP contribution in [0, 0.1) is 23.2 Å². The van der Waals surface area contributed by atoms with E-state index in [0.29, 0.717) is 29.4 Å². The lowest BCUT2D eigenvalue weighted by atomic mass is 9.49. The Hall–Kier alpha value is -0.950. The van der Waals surface area contributed by atoms with Gasteiger partial charge in [-0.25, -0.2) is 4.98 Å². The highest BCUT2D eigenvalue weighted by molar-refractivity contribution is 9.10. The number of hydrogen-bond donors (Lipinski definition) is 1. The minimum atomic E-state index is -0.179. The van der Waals surface area contributed by atoms with Crippen molar-refractivity contribution >= 4 is 44.2 Å². The average molecular weight is 452 g/mol. The molecule has 2 amide bonds. The molecule has 3 unspecified atom stereocenters. The summed E-state index contributed by atoms with van der Waals surface area (Å²) in [6, 6.07) is 0. The van der Waals surface area contributed by atoms with Crippen LogP contribution in [-0.2, 0) is 9.59 Å². The van der Waals surface area contributed by atoms with Gasteiger partial charge in [-0.2, -0.15) is 0 Å². The fraction of sp³-hybridized carbons (Fsp3) is 0.750. The molecule has 1 aromatic heterocycles. The van der Waals surface area contributed by atoms with E-state index in [4.69, 9.17) is 0 Å². The zero-order chi connectivity index (χ0) is 18.6. The van der Waals surface area contributed by atoms with E-state index in [1.807, 2.05) is 10.3 Å². The fourth-order valence-electron chi connectivity index (χ4n) is 6.60. The highest BCUT2D eigenvalue weighted by Gasteiger charge is 2.60. The summed E-state index contributed by atoms with van der Waals surface area (Å²) in [5, 5.41) is 5.42. The van der Waals surface area contributed by atoms with E-state index in [0.717, 1.165) is 38.6 Å². The van der Waals surface area contributed by atoms with Crippen molar-refractivity contribution in [2.45, 2.75) is 55.7 Å². The molecule has 146 valence electrons. The minimum absolute atomic E-state index is 0.00456. The van der Waals surface area contributed by atoms with E-state index in [1.54, 1.807) is 6.20 Å². The first-order chi connectivity index (χ1) is 12.9. The standard InChI is InChI=1S/C20H26BrN3O2S/c21-20-9-13-6-14(10-20)8-19(7-13,12-20)17(26)24-4-1-2-15(11-24)16(25)23-18-22-3-5-27-18/h3,5,13-15H,1-2,4,6-12H2,(H,22,23,25). The van der Waals surface area contributed by atoms with Crippen molar-refractivity contribution in [3.05, 3.63) is 11.6 Å². The summed E-state index contributed by atoms with van der Waals surface area (Å²) in [4.78, 5) is 32.4. The normalized spacial score (nSPS) is 40.2. The molecule has 1 saturated heterocycles. The number of halogens is 1. The molecule has 4 bridgehead atoms. The van der Waals surface area contributed by atoms with E-state index in [-0.39, 0.29) is 21.6 Å². The Morgan fingerprint density at radius 1 is 1.26 bits per heavy atom. The third-order valence-corrected chi connectivity index (χ3v) is 8.80. The van der Waals surface area contributed by atoms with Crippen molar-refractivity contribution in [2.24, 2.45) is 23.2 Å². The molecule has 1 aromatic rings. The molecular formula is C20H26BrN3O2S. The predicted octanol–water partition coefficient (Wildman–Crippen LogP) is 4.05. The molecular weight excluding hydrogens is 426 g/mol. The zero-order valence-corrected chi connectivity index (χ0v) is 17.9. The van der Waals surface area contributed by atoms with E-state index in [9.17, 15) is 9.59 Å². The molecule has 4 saturated carbocycles. The van der Waals surface area contributed by atoms with Crippen molar-refractivity contribution in [3.63, 3.8) is 0 Å². The number of carbonyl (C=O) groups is 2. The summed E-state index contributed by atoms with van der Waals surface area (Å²) < 4.78 is 0.185. The van der Waals surface area contributed by atoms with E-state index >= 15 is 0 Å². The Morgan fingerprint density at radius 3 is 2.70 bits per heavy atom. The van der Waals surface area contributed by atoms with Gasteiger partial charge in [-0.05, 0) is 63.2 Å². The molecule has 6 rings (SSSR count). The summed E-state index contributed by atoms with van der Waals surface area (Å²) in [6.07, 6.45) is 10.3. The van der Waals surface area contributed by atoms with Gasteiger partial charge in [0.05, 0.1) is 11.3 Å². The van der Waals surface area contributed by atoms with E-state index in [1.165, 1.54) is 30.6 Å². The fourth-order valence-corrected chi connectivity index (χ4v) is 8.59. The van der Waals surface area contributed by atoms with Gasteiger partial charge in [0.25, 0.3) is 0 Å². The second-order valence-corrected chi connectivity index (χ2v) is 11.9. The molecule has 2 heterocycles. The molecule has 0 spiro atoms. The van der Waals surface area contributed by atoms with E-state index in [2.05, 4.69) is 26.2 Å². The zero-order valence-electron chi connectivity index (χ0n) is 15.5. The Balaban J connectivity index is 1.30. The van der Waals surface area contributed by atoms with Crippen molar-refractivity contribution in [2.75, 3.05) is 18.4 Å². The first-order valence-corrected chi connectivity index (χ1v) is 11.8. The van der Waals surface area contributed by atoms with Crippen molar-refractivity contribution in [3.8, 4) is 0 Å². The maximum Gasteiger partial charge on any atom is 0.231 e. The number of piperidine rings is 1. The van der Waals surface area contributed by atoms with Crippen LogP contribution in [0.15, 0.2) is 11.6 Å². The van der Waals surface area contributed by atoms with Crippen molar-refractivity contribution < 1.29 is 9.59 Å². The SMILES string of the molecule is O=C(Nc1nccs1)C1CCCN(C(=O)C23CC4CC(CC(Br)(C4)C2)C3)C1.